The number of rotatable bonds is 4. The Morgan fingerprint density at radius 1 is 1.17 bits per heavy atom. The Kier molecular flexibility index (Phi) is 3.22. The molecule has 0 amide bonds. The molecule has 2 unspecified atom stereocenters. The van der Waals surface area contributed by atoms with Gasteiger partial charge in [0.15, 0.2) is 0 Å². The number of nitrogens with one attached hydrogen (secondary N) is 1. The highest BCUT2D eigenvalue weighted by Gasteiger charge is 2.50. The van der Waals surface area contributed by atoms with Gasteiger partial charge in [-0.25, -0.2) is 0 Å². The lowest BCUT2D eigenvalue weighted by Crippen LogP contribution is -2.69. The predicted octanol–water partition coefficient (Wildman–Crippen LogP) is 3.03. The third-order valence-electron chi connectivity index (χ3n) is 6.08. The van der Waals surface area contributed by atoms with Crippen LogP contribution >= 0.6 is 0 Å². The first-order chi connectivity index (χ1) is 8.56. The van der Waals surface area contributed by atoms with Crippen molar-refractivity contribution in [2.24, 2.45) is 11.8 Å². The Morgan fingerprint density at radius 3 is 2.39 bits per heavy atom. The van der Waals surface area contributed by atoms with Crippen LogP contribution in [0.4, 0.5) is 0 Å². The summed E-state index contributed by atoms with van der Waals surface area (Å²) in [5.41, 5.74) is 0.794. The van der Waals surface area contributed by atoms with Crippen molar-refractivity contribution in [3.8, 4) is 0 Å². The molecular weight excluding hydrogens is 220 g/mol. The van der Waals surface area contributed by atoms with Gasteiger partial charge in [-0.15, -0.1) is 0 Å². The Balaban J connectivity index is 1.72. The zero-order chi connectivity index (χ0) is 12.8. The van der Waals surface area contributed by atoms with Crippen molar-refractivity contribution in [2.45, 2.75) is 70.4 Å². The van der Waals surface area contributed by atoms with Gasteiger partial charge in [-0.3, -0.25) is 4.90 Å². The molecule has 0 spiro atoms. The normalized spacial score (nSPS) is 42.8. The molecule has 2 aliphatic carbocycles. The third kappa shape index (κ3) is 2.22. The van der Waals surface area contributed by atoms with Crippen LogP contribution < -0.4 is 5.32 Å². The van der Waals surface area contributed by atoms with E-state index in [0.717, 1.165) is 11.8 Å². The van der Waals surface area contributed by atoms with E-state index in [1.165, 1.54) is 58.2 Å². The van der Waals surface area contributed by atoms with Gasteiger partial charge in [0, 0.05) is 30.7 Å². The molecule has 0 bridgehead atoms. The van der Waals surface area contributed by atoms with Gasteiger partial charge >= 0.3 is 0 Å². The van der Waals surface area contributed by atoms with E-state index in [2.05, 4.69) is 31.0 Å². The SMILES string of the molecule is CCC1(C)CN(CC2CCC2)C(C)(C2CC2)CN1. The fourth-order valence-corrected chi connectivity index (χ4v) is 3.77. The van der Waals surface area contributed by atoms with E-state index < -0.39 is 0 Å². The molecule has 1 heterocycles. The fourth-order valence-electron chi connectivity index (χ4n) is 3.77. The highest BCUT2D eigenvalue weighted by Crippen LogP contribution is 2.46. The zero-order valence-electron chi connectivity index (χ0n) is 12.5. The molecular formula is C16H30N2. The largest absolute Gasteiger partial charge is 0.308 e. The Labute approximate surface area is 113 Å². The van der Waals surface area contributed by atoms with E-state index in [-0.39, 0.29) is 0 Å². The average Bonchev–Trinajstić information content (AvgIpc) is 3.12. The smallest absolute Gasteiger partial charge is 0.0335 e. The van der Waals surface area contributed by atoms with Gasteiger partial charge in [0.2, 0.25) is 0 Å². The average molecular weight is 250 g/mol. The first-order valence-electron chi connectivity index (χ1n) is 8.06. The standard InChI is InChI=1S/C16H30N2/c1-4-15(2)12-18(10-13-6-5-7-13)16(3,11-17-15)14-8-9-14/h13-14,17H,4-12H2,1-3H3. The predicted molar refractivity (Wildman–Crippen MR) is 76.7 cm³/mol. The lowest BCUT2D eigenvalue weighted by atomic mass is 9.80. The second kappa shape index (κ2) is 4.49. The second-order valence-electron chi connectivity index (χ2n) is 7.58. The van der Waals surface area contributed by atoms with E-state index >= 15 is 0 Å². The molecule has 2 atom stereocenters. The molecule has 2 saturated carbocycles. The van der Waals surface area contributed by atoms with Gasteiger partial charge in [-0.2, -0.15) is 0 Å². The summed E-state index contributed by atoms with van der Waals surface area (Å²) in [5, 5.41) is 3.85. The number of piperazine rings is 1. The number of hydrogen-bond acceptors (Lipinski definition) is 2. The summed E-state index contributed by atoms with van der Waals surface area (Å²) in [5.74, 6) is 1.97. The monoisotopic (exact) mass is 250 g/mol. The van der Waals surface area contributed by atoms with Crippen LogP contribution in [0.1, 0.15) is 59.3 Å². The molecule has 0 aromatic rings. The quantitative estimate of drug-likeness (QED) is 0.825. The minimum atomic E-state index is 0.345. The maximum atomic E-state index is 3.85. The van der Waals surface area contributed by atoms with E-state index in [9.17, 15) is 0 Å². The molecule has 0 radical (unpaired) electrons. The molecule has 18 heavy (non-hydrogen) atoms. The molecule has 2 heteroatoms. The van der Waals surface area contributed by atoms with Crippen molar-refractivity contribution in [3.63, 3.8) is 0 Å². The zero-order valence-corrected chi connectivity index (χ0v) is 12.5. The van der Waals surface area contributed by atoms with Crippen molar-refractivity contribution in [1.29, 1.82) is 0 Å². The van der Waals surface area contributed by atoms with Crippen molar-refractivity contribution in [3.05, 3.63) is 0 Å². The molecule has 1 saturated heterocycles. The summed E-state index contributed by atoms with van der Waals surface area (Å²) in [6.07, 6.45) is 8.60. The van der Waals surface area contributed by atoms with Gasteiger partial charge in [-0.05, 0) is 57.8 Å². The number of hydrogen-bond donors (Lipinski definition) is 1. The Bertz CT molecular complexity index is 308. The van der Waals surface area contributed by atoms with Crippen LogP contribution in [-0.4, -0.2) is 35.6 Å². The second-order valence-corrected chi connectivity index (χ2v) is 7.58. The molecule has 104 valence electrons. The minimum Gasteiger partial charge on any atom is -0.308 e. The lowest BCUT2D eigenvalue weighted by Gasteiger charge is -2.54. The van der Waals surface area contributed by atoms with Crippen molar-refractivity contribution in [1.82, 2.24) is 10.2 Å². The van der Waals surface area contributed by atoms with Gasteiger partial charge < -0.3 is 5.32 Å². The maximum Gasteiger partial charge on any atom is 0.0335 e. The van der Waals surface area contributed by atoms with Crippen LogP contribution in [0.15, 0.2) is 0 Å². The van der Waals surface area contributed by atoms with Crippen LogP contribution in [0.5, 0.6) is 0 Å². The molecule has 3 aliphatic rings. The summed E-state index contributed by atoms with van der Waals surface area (Å²) >= 11 is 0. The number of nitrogens with zero attached hydrogens (tertiary/aromatic N) is 1. The van der Waals surface area contributed by atoms with Crippen LogP contribution in [-0.2, 0) is 0 Å². The summed E-state index contributed by atoms with van der Waals surface area (Å²) in [6.45, 7) is 11.1. The maximum absolute atomic E-state index is 3.85. The van der Waals surface area contributed by atoms with Gasteiger partial charge in [0.05, 0.1) is 0 Å². The molecule has 3 fully saturated rings. The lowest BCUT2D eigenvalue weighted by molar-refractivity contribution is -0.0142. The highest BCUT2D eigenvalue weighted by molar-refractivity contribution is 5.08. The Hall–Kier alpha value is -0.0800. The minimum absolute atomic E-state index is 0.345. The summed E-state index contributed by atoms with van der Waals surface area (Å²) < 4.78 is 0. The van der Waals surface area contributed by atoms with Crippen LogP contribution in [0, 0.1) is 11.8 Å². The molecule has 1 N–H and O–H groups in total. The van der Waals surface area contributed by atoms with Gasteiger partial charge in [0.1, 0.15) is 0 Å². The summed E-state index contributed by atoms with van der Waals surface area (Å²) in [6, 6.07) is 0. The van der Waals surface area contributed by atoms with Crippen LogP contribution in [0.2, 0.25) is 0 Å². The molecule has 1 aliphatic heterocycles. The highest BCUT2D eigenvalue weighted by atomic mass is 15.3. The first-order valence-corrected chi connectivity index (χ1v) is 8.06. The topological polar surface area (TPSA) is 15.3 Å². The molecule has 0 aromatic carbocycles. The van der Waals surface area contributed by atoms with Crippen LogP contribution in [0.3, 0.4) is 0 Å². The van der Waals surface area contributed by atoms with Crippen molar-refractivity contribution in [2.75, 3.05) is 19.6 Å². The molecule has 0 aromatic heterocycles. The summed E-state index contributed by atoms with van der Waals surface area (Å²) in [4.78, 5) is 2.87. The summed E-state index contributed by atoms with van der Waals surface area (Å²) in [7, 11) is 0. The van der Waals surface area contributed by atoms with Gasteiger partial charge in [0.25, 0.3) is 0 Å². The van der Waals surface area contributed by atoms with E-state index in [1.807, 2.05) is 0 Å². The van der Waals surface area contributed by atoms with Crippen molar-refractivity contribution < 1.29 is 0 Å². The fraction of sp³-hybridized carbons (Fsp3) is 1.00. The van der Waals surface area contributed by atoms with Crippen LogP contribution in [0.25, 0.3) is 0 Å². The van der Waals surface area contributed by atoms with Gasteiger partial charge in [-0.1, -0.05) is 13.3 Å². The van der Waals surface area contributed by atoms with E-state index in [4.69, 9.17) is 0 Å². The van der Waals surface area contributed by atoms with E-state index in [1.54, 1.807) is 0 Å². The molecule has 3 rings (SSSR count). The van der Waals surface area contributed by atoms with E-state index in [0.29, 0.717) is 11.1 Å². The first kappa shape index (κ1) is 12.9. The Morgan fingerprint density at radius 2 is 1.89 bits per heavy atom. The third-order valence-corrected chi connectivity index (χ3v) is 6.08. The van der Waals surface area contributed by atoms with Crippen molar-refractivity contribution >= 4 is 0 Å². The molecule has 2 nitrogen and oxygen atoms in total.